The van der Waals surface area contributed by atoms with E-state index in [1.54, 1.807) is 44.4 Å². The molecule has 0 aliphatic heterocycles. The maximum absolute atomic E-state index is 14.2. The van der Waals surface area contributed by atoms with Crippen molar-refractivity contribution in [2.45, 2.75) is 38.8 Å². The van der Waals surface area contributed by atoms with Gasteiger partial charge in [0, 0.05) is 29.6 Å². The van der Waals surface area contributed by atoms with Gasteiger partial charge in [-0.2, -0.15) is 13.1 Å². The minimum absolute atomic E-state index is 0.0596. The third-order valence-corrected chi connectivity index (χ3v) is 8.94. The lowest BCUT2D eigenvalue weighted by Gasteiger charge is -2.23. The number of pyridine rings is 1. The van der Waals surface area contributed by atoms with Crippen LogP contribution in [0.25, 0.3) is 21.9 Å². The van der Waals surface area contributed by atoms with Crippen molar-refractivity contribution in [3.63, 3.8) is 0 Å². The summed E-state index contributed by atoms with van der Waals surface area (Å²) in [5.74, 6) is 0.670. The molecule has 2 heterocycles. The summed E-state index contributed by atoms with van der Waals surface area (Å²) in [7, 11) is -2.50. The highest BCUT2D eigenvalue weighted by molar-refractivity contribution is 7.89. The molecule has 8 nitrogen and oxygen atoms in total. The van der Waals surface area contributed by atoms with Crippen LogP contribution in [0.5, 0.6) is 5.75 Å². The van der Waals surface area contributed by atoms with Gasteiger partial charge in [0.05, 0.1) is 18.8 Å². The SMILES string of the molecule is COc1ccc(CN(Cc2cc3c(C)cc(C)cc3[nH]c2=O)S(=O)(=O)c2c(C)ccc3nsnc23)cc1. The Bertz CT molecular complexity index is 1790. The number of ether oxygens (including phenoxy) is 1. The number of hydrogen-bond donors (Lipinski definition) is 1. The lowest BCUT2D eigenvalue weighted by Crippen LogP contribution is -2.33. The molecule has 37 heavy (non-hydrogen) atoms. The largest absolute Gasteiger partial charge is 0.497 e. The Labute approximate surface area is 218 Å². The molecule has 0 fully saturated rings. The molecule has 5 rings (SSSR count). The first kappa shape index (κ1) is 25.1. The first-order chi connectivity index (χ1) is 17.7. The third kappa shape index (κ3) is 4.75. The fourth-order valence-corrected chi connectivity index (χ4v) is 6.92. The Hall–Kier alpha value is -3.60. The molecular formula is C27H26N4O4S2. The lowest BCUT2D eigenvalue weighted by atomic mass is 10.0. The summed E-state index contributed by atoms with van der Waals surface area (Å²) in [6, 6.07) is 16.4. The zero-order chi connectivity index (χ0) is 26.3. The molecule has 0 aliphatic rings. The number of H-pyrrole nitrogens is 1. The van der Waals surface area contributed by atoms with E-state index in [0.717, 1.165) is 39.3 Å². The Morgan fingerprint density at radius 2 is 1.70 bits per heavy atom. The van der Waals surface area contributed by atoms with Gasteiger partial charge in [0.15, 0.2) is 0 Å². The fraction of sp³-hybridized carbons (Fsp3) is 0.222. The number of aromatic nitrogens is 3. The quantitative estimate of drug-likeness (QED) is 0.320. The minimum Gasteiger partial charge on any atom is -0.497 e. The molecule has 0 aliphatic carbocycles. The van der Waals surface area contributed by atoms with Gasteiger partial charge in [0.2, 0.25) is 10.0 Å². The molecule has 190 valence electrons. The van der Waals surface area contributed by atoms with Crippen molar-refractivity contribution < 1.29 is 13.2 Å². The first-order valence-corrected chi connectivity index (χ1v) is 13.8. The zero-order valence-electron chi connectivity index (χ0n) is 20.9. The molecule has 0 saturated heterocycles. The van der Waals surface area contributed by atoms with Crippen LogP contribution < -0.4 is 10.3 Å². The number of aryl methyl sites for hydroxylation is 3. The van der Waals surface area contributed by atoms with Gasteiger partial charge in [-0.3, -0.25) is 4.79 Å². The lowest BCUT2D eigenvalue weighted by molar-refractivity contribution is 0.398. The van der Waals surface area contributed by atoms with Crippen LogP contribution in [0.4, 0.5) is 0 Å². The molecule has 0 amide bonds. The number of nitrogens with one attached hydrogen (secondary N) is 1. The second kappa shape index (κ2) is 9.70. The molecule has 0 saturated carbocycles. The summed E-state index contributed by atoms with van der Waals surface area (Å²) < 4.78 is 43.5. The zero-order valence-corrected chi connectivity index (χ0v) is 22.5. The van der Waals surface area contributed by atoms with E-state index in [1.807, 2.05) is 38.1 Å². The van der Waals surface area contributed by atoms with Crippen LogP contribution in [-0.2, 0) is 23.1 Å². The normalized spacial score (nSPS) is 12.0. The van der Waals surface area contributed by atoms with Gasteiger partial charge in [0.1, 0.15) is 21.7 Å². The minimum atomic E-state index is -4.07. The van der Waals surface area contributed by atoms with Crippen LogP contribution in [0.3, 0.4) is 0 Å². The van der Waals surface area contributed by atoms with E-state index < -0.39 is 10.0 Å². The summed E-state index contributed by atoms with van der Waals surface area (Å²) >= 11 is 0.970. The van der Waals surface area contributed by atoms with E-state index in [0.29, 0.717) is 27.9 Å². The van der Waals surface area contributed by atoms with Gasteiger partial charge in [-0.1, -0.05) is 24.3 Å². The topological polar surface area (TPSA) is 105 Å². The van der Waals surface area contributed by atoms with E-state index in [1.165, 1.54) is 4.31 Å². The molecule has 1 N–H and O–H groups in total. The van der Waals surface area contributed by atoms with E-state index in [2.05, 4.69) is 13.7 Å². The highest BCUT2D eigenvalue weighted by atomic mass is 32.2. The Morgan fingerprint density at radius 3 is 2.43 bits per heavy atom. The van der Waals surface area contributed by atoms with Crippen LogP contribution in [0.1, 0.15) is 27.8 Å². The molecule has 2 aromatic heterocycles. The van der Waals surface area contributed by atoms with E-state index in [4.69, 9.17) is 4.74 Å². The molecule has 0 radical (unpaired) electrons. The number of nitrogens with zero attached hydrogens (tertiary/aromatic N) is 3. The van der Waals surface area contributed by atoms with Crippen LogP contribution >= 0.6 is 11.7 Å². The van der Waals surface area contributed by atoms with Crippen molar-refractivity contribution in [1.29, 1.82) is 0 Å². The molecule has 0 atom stereocenters. The molecule has 3 aromatic carbocycles. The van der Waals surface area contributed by atoms with Crippen LogP contribution in [0.2, 0.25) is 0 Å². The molecule has 5 aromatic rings. The monoisotopic (exact) mass is 534 g/mol. The number of hydrogen-bond acceptors (Lipinski definition) is 7. The fourth-order valence-electron chi connectivity index (χ4n) is 4.57. The average Bonchev–Trinajstić information content (AvgIpc) is 3.33. The second-order valence-electron chi connectivity index (χ2n) is 9.13. The third-order valence-electron chi connectivity index (χ3n) is 6.43. The van der Waals surface area contributed by atoms with Crippen molar-refractivity contribution in [2.24, 2.45) is 0 Å². The smallest absolute Gasteiger partial charge is 0.252 e. The van der Waals surface area contributed by atoms with E-state index >= 15 is 0 Å². The Balaban J connectivity index is 1.64. The number of rotatable bonds is 7. The van der Waals surface area contributed by atoms with Crippen molar-refractivity contribution in [2.75, 3.05) is 7.11 Å². The van der Waals surface area contributed by atoms with Crippen LogP contribution in [-0.4, -0.2) is 33.6 Å². The van der Waals surface area contributed by atoms with Crippen molar-refractivity contribution in [1.82, 2.24) is 18.0 Å². The Kier molecular flexibility index (Phi) is 6.57. The molecule has 10 heteroatoms. The summed E-state index contributed by atoms with van der Waals surface area (Å²) in [4.78, 5) is 16.2. The number of fused-ring (bicyclic) bond motifs is 2. The van der Waals surface area contributed by atoms with Gasteiger partial charge in [-0.05, 0) is 73.4 Å². The number of sulfonamides is 1. The summed E-state index contributed by atoms with van der Waals surface area (Å²) in [6.45, 7) is 5.64. The van der Waals surface area contributed by atoms with Gasteiger partial charge in [0.25, 0.3) is 5.56 Å². The summed E-state index contributed by atoms with van der Waals surface area (Å²) in [5, 5.41) is 0.879. The second-order valence-corrected chi connectivity index (χ2v) is 11.5. The van der Waals surface area contributed by atoms with Crippen LogP contribution in [0, 0.1) is 20.8 Å². The Morgan fingerprint density at radius 1 is 0.946 bits per heavy atom. The van der Waals surface area contributed by atoms with E-state index in [-0.39, 0.29) is 23.5 Å². The van der Waals surface area contributed by atoms with E-state index in [9.17, 15) is 13.2 Å². The van der Waals surface area contributed by atoms with Crippen molar-refractivity contribution in [3.05, 3.63) is 92.8 Å². The average molecular weight is 535 g/mol. The van der Waals surface area contributed by atoms with Crippen LogP contribution in [0.15, 0.2) is 64.3 Å². The van der Waals surface area contributed by atoms with Gasteiger partial charge in [-0.25, -0.2) is 8.42 Å². The summed E-state index contributed by atoms with van der Waals surface area (Å²) in [6.07, 6.45) is 0. The first-order valence-electron chi connectivity index (χ1n) is 11.7. The maximum Gasteiger partial charge on any atom is 0.252 e. The molecule has 0 spiro atoms. The number of aromatic amines is 1. The molecular weight excluding hydrogens is 508 g/mol. The number of methoxy groups -OCH3 is 1. The molecule has 0 unspecified atom stereocenters. The standard InChI is InChI=1S/C27H26N4O4S2/c1-16-11-18(3)22-13-20(27(32)28-24(22)12-16)15-31(14-19-6-8-21(35-4)9-7-19)37(33,34)26-17(2)5-10-23-25(26)30-36-29-23/h5-13H,14-15H2,1-4H3,(H,28,32). The van der Waals surface area contributed by atoms with Gasteiger partial charge in [-0.15, -0.1) is 0 Å². The van der Waals surface area contributed by atoms with Crippen molar-refractivity contribution >= 4 is 43.7 Å². The van der Waals surface area contributed by atoms with Crippen molar-refractivity contribution in [3.8, 4) is 5.75 Å². The van der Waals surface area contributed by atoms with Gasteiger partial charge >= 0.3 is 0 Å². The molecule has 0 bridgehead atoms. The maximum atomic E-state index is 14.2. The predicted octanol–water partition coefficient (Wildman–Crippen LogP) is 4.86. The predicted molar refractivity (Wildman–Crippen MR) is 146 cm³/mol. The summed E-state index contributed by atoms with van der Waals surface area (Å²) in [5.41, 5.74) is 4.99. The highest BCUT2D eigenvalue weighted by Gasteiger charge is 2.30. The van der Waals surface area contributed by atoms with Gasteiger partial charge < -0.3 is 9.72 Å². The highest BCUT2D eigenvalue weighted by Crippen LogP contribution is 2.30. The number of benzene rings is 3.